The van der Waals surface area contributed by atoms with E-state index in [1.807, 2.05) is 30.3 Å². The minimum Gasteiger partial charge on any atom is -0.507 e. The molecule has 22 heavy (non-hydrogen) atoms. The first-order chi connectivity index (χ1) is 10.6. The Labute approximate surface area is 127 Å². The average Bonchev–Trinajstić information content (AvgIpc) is 2.54. The summed E-state index contributed by atoms with van der Waals surface area (Å²) in [5, 5.41) is 11.7. The van der Waals surface area contributed by atoms with Crippen molar-refractivity contribution in [2.24, 2.45) is 0 Å². The molecule has 3 heteroatoms. The van der Waals surface area contributed by atoms with Crippen LogP contribution in [0.3, 0.4) is 0 Å². The van der Waals surface area contributed by atoms with E-state index < -0.39 is 0 Å². The van der Waals surface area contributed by atoms with Crippen LogP contribution in [-0.4, -0.2) is 16.7 Å². The molecule has 0 unspecified atom stereocenters. The standard InChI is InChI=1S/C19H14O3/c20-17-8-4-3-7-16(17)19(22)12-18(21)15-10-9-13-5-1-2-6-14(13)11-15/h1-11,20H,12H2. The highest BCUT2D eigenvalue weighted by atomic mass is 16.3. The second kappa shape index (κ2) is 5.82. The van der Waals surface area contributed by atoms with Gasteiger partial charge >= 0.3 is 0 Å². The predicted octanol–water partition coefficient (Wildman–Crippen LogP) is 4.00. The number of ketones is 2. The van der Waals surface area contributed by atoms with Crippen molar-refractivity contribution in [2.75, 3.05) is 0 Å². The van der Waals surface area contributed by atoms with Crippen LogP contribution in [0.25, 0.3) is 10.8 Å². The van der Waals surface area contributed by atoms with E-state index >= 15 is 0 Å². The molecule has 0 saturated heterocycles. The van der Waals surface area contributed by atoms with Crippen LogP contribution in [0.2, 0.25) is 0 Å². The van der Waals surface area contributed by atoms with E-state index in [0.29, 0.717) is 5.56 Å². The third-order valence-corrected chi connectivity index (χ3v) is 3.60. The number of benzene rings is 3. The number of aromatic hydroxyl groups is 1. The van der Waals surface area contributed by atoms with Crippen molar-refractivity contribution in [1.82, 2.24) is 0 Å². The summed E-state index contributed by atoms with van der Waals surface area (Å²) in [5.41, 5.74) is 0.680. The molecule has 3 nitrogen and oxygen atoms in total. The van der Waals surface area contributed by atoms with Crippen LogP contribution in [0.5, 0.6) is 5.75 Å². The summed E-state index contributed by atoms with van der Waals surface area (Å²) >= 11 is 0. The maximum Gasteiger partial charge on any atom is 0.174 e. The van der Waals surface area contributed by atoms with Gasteiger partial charge in [-0.25, -0.2) is 0 Å². The molecule has 3 rings (SSSR count). The number of rotatable bonds is 4. The van der Waals surface area contributed by atoms with E-state index in [0.717, 1.165) is 10.8 Å². The van der Waals surface area contributed by atoms with E-state index in [2.05, 4.69) is 0 Å². The molecule has 1 N–H and O–H groups in total. The quantitative estimate of drug-likeness (QED) is 0.583. The van der Waals surface area contributed by atoms with Gasteiger partial charge < -0.3 is 5.11 Å². The Balaban J connectivity index is 1.84. The smallest absolute Gasteiger partial charge is 0.174 e. The number of phenols is 1. The molecule has 0 aliphatic carbocycles. The number of para-hydroxylation sites is 1. The predicted molar refractivity (Wildman–Crippen MR) is 85.3 cm³/mol. The van der Waals surface area contributed by atoms with Crippen LogP contribution < -0.4 is 0 Å². The van der Waals surface area contributed by atoms with Gasteiger partial charge in [0.1, 0.15) is 5.75 Å². The van der Waals surface area contributed by atoms with Gasteiger partial charge in [-0.1, -0.05) is 48.5 Å². The largest absolute Gasteiger partial charge is 0.507 e. The molecule has 0 amide bonds. The lowest BCUT2D eigenvalue weighted by molar-refractivity contribution is 0.0893. The highest BCUT2D eigenvalue weighted by Crippen LogP contribution is 2.20. The first kappa shape index (κ1) is 14.0. The summed E-state index contributed by atoms with van der Waals surface area (Å²) < 4.78 is 0. The van der Waals surface area contributed by atoms with Gasteiger partial charge in [-0.3, -0.25) is 9.59 Å². The summed E-state index contributed by atoms with van der Waals surface area (Å²) in [6.07, 6.45) is -0.254. The van der Waals surface area contributed by atoms with Gasteiger partial charge in [-0.05, 0) is 29.0 Å². The zero-order chi connectivity index (χ0) is 15.5. The fourth-order valence-corrected chi connectivity index (χ4v) is 2.42. The maximum absolute atomic E-state index is 12.3. The summed E-state index contributed by atoms with van der Waals surface area (Å²) in [5.74, 6) is -0.728. The van der Waals surface area contributed by atoms with E-state index in [4.69, 9.17) is 0 Å². The molecule has 0 saturated carbocycles. The zero-order valence-electron chi connectivity index (χ0n) is 11.8. The van der Waals surface area contributed by atoms with E-state index in [-0.39, 0.29) is 29.3 Å². The Hall–Kier alpha value is -2.94. The third kappa shape index (κ3) is 2.74. The summed E-state index contributed by atoms with van der Waals surface area (Å²) in [6, 6.07) is 19.4. The molecule has 0 heterocycles. The van der Waals surface area contributed by atoms with Crippen LogP contribution >= 0.6 is 0 Å². The third-order valence-electron chi connectivity index (χ3n) is 3.60. The number of hydrogen-bond donors (Lipinski definition) is 1. The number of phenolic OH excluding ortho intramolecular Hbond substituents is 1. The first-order valence-electron chi connectivity index (χ1n) is 6.98. The highest BCUT2D eigenvalue weighted by Gasteiger charge is 2.16. The SMILES string of the molecule is O=C(CC(=O)c1ccccc1O)c1ccc2ccccc2c1. The van der Waals surface area contributed by atoms with Gasteiger partial charge in [0.25, 0.3) is 0 Å². The van der Waals surface area contributed by atoms with Crippen molar-refractivity contribution in [3.8, 4) is 5.75 Å². The van der Waals surface area contributed by atoms with Gasteiger partial charge in [0.05, 0.1) is 12.0 Å². The molecular formula is C19H14O3. The number of carbonyl (C=O) groups excluding carboxylic acids is 2. The molecule has 0 fully saturated rings. The van der Waals surface area contributed by atoms with Crippen molar-refractivity contribution in [1.29, 1.82) is 0 Å². The second-order valence-electron chi connectivity index (χ2n) is 5.10. The molecule has 0 bridgehead atoms. The molecule has 0 aliphatic rings. The highest BCUT2D eigenvalue weighted by molar-refractivity contribution is 6.15. The Morgan fingerprint density at radius 2 is 1.45 bits per heavy atom. The fourth-order valence-electron chi connectivity index (χ4n) is 2.42. The van der Waals surface area contributed by atoms with Gasteiger partial charge in [-0.2, -0.15) is 0 Å². The number of fused-ring (bicyclic) bond motifs is 1. The first-order valence-corrected chi connectivity index (χ1v) is 6.98. The van der Waals surface area contributed by atoms with Gasteiger partial charge in [0.15, 0.2) is 11.6 Å². The van der Waals surface area contributed by atoms with Gasteiger partial charge in [0.2, 0.25) is 0 Å². The Bertz CT molecular complexity index is 865. The topological polar surface area (TPSA) is 54.4 Å². The van der Waals surface area contributed by atoms with Gasteiger partial charge in [0, 0.05) is 5.56 Å². The van der Waals surface area contributed by atoms with Crippen molar-refractivity contribution in [3.63, 3.8) is 0 Å². The maximum atomic E-state index is 12.3. The average molecular weight is 290 g/mol. The number of carbonyl (C=O) groups is 2. The Kier molecular flexibility index (Phi) is 3.71. The summed E-state index contributed by atoms with van der Waals surface area (Å²) in [7, 11) is 0. The minimum atomic E-state index is -0.378. The van der Waals surface area contributed by atoms with Crippen molar-refractivity contribution >= 4 is 22.3 Å². The van der Waals surface area contributed by atoms with E-state index in [1.54, 1.807) is 24.3 Å². The summed E-state index contributed by atoms with van der Waals surface area (Å²) in [6.45, 7) is 0. The van der Waals surface area contributed by atoms with Crippen LogP contribution in [0.15, 0.2) is 66.7 Å². The molecule has 3 aromatic carbocycles. The normalized spacial score (nSPS) is 10.5. The van der Waals surface area contributed by atoms with Crippen molar-refractivity contribution in [2.45, 2.75) is 6.42 Å². The van der Waals surface area contributed by atoms with Gasteiger partial charge in [-0.15, -0.1) is 0 Å². The lowest BCUT2D eigenvalue weighted by Crippen LogP contribution is -2.08. The number of Topliss-reactive ketones (excluding diaryl/α,β-unsaturated/α-hetero) is 2. The Morgan fingerprint density at radius 1 is 0.773 bits per heavy atom. The Morgan fingerprint density at radius 3 is 2.23 bits per heavy atom. The van der Waals surface area contributed by atoms with E-state index in [9.17, 15) is 14.7 Å². The number of hydrogen-bond acceptors (Lipinski definition) is 3. The van der Waals surface area contributed by atoms with Crippen molar-refractivity contribution < 1.29 is 14.7 Å². The molecule has 0 aromatic heterocycles. The lowest BCUT2D eigenvalue weighted by atomic mass is 9.99. The monoisotopic (exact) mass is 290 g/mol. The zero-order valence-corrected chi connectivity index (χ0v) is 11.8. The van der Waals surface area contributed by atoms with Crippen LogP contribution in [0.4, 0.5) is 0 Å². The molecule has 108 valence electrons. The van der Waals surface area contributed by atoms with E-state index in [1.165, 1.54) is 12.1 Å². The minimum absolute atomic E-state index is 0.0983. The second-order valence-corrected chi connectivity index (χ2v) is 5.10. The molecule has 0 atom stereocenters. The molecule has 0 radical (unpaired) electrons. The molecule has 0 spiro atoms. The fraction of sp³-hybridized carbons (Fsp3) is 0.0526. The molecular weight excluding hydrogens is 276 g/mol. The van der Waals surface area contributed by atoms with Crippen LogP contribution in [0.1, 0.15) is 27.1 Å². The van der Waals surface area contributed by atoms with Crippen LogP contribution in [0, 0.1) is 0 Å². The lowest BCUT2D eigenvalue weighted by Gasteiger charge is -2.05. The molecule has 3 aromatic rings. The van der Waals surface area contributed by atoms with Crippen LogP contribution in [-0.2, 0) is 0 Å². The molecule has 0 aliphatic heterocycles. The summed E-state index contributed by atoms with van der Waals surface area (Å²) in [4.78, 5) is 24.4. The van der Waals surface area contributed by atoms with Crippen molar-refractivity contribution in [3.05, 3.63) is 77.9 Å².